The first-order chi connectivity index (χ1) is 13.4. The molecule has 0 radical (unpaired) electrons. The van der Waals surface area contributed by atoms with Gasteiger partial charge in [-0.2, -0.15) is 5.26 Å². The molecule has 0 atom stereocenters. The molecule has 7 heteroatoms. The van der Waals surface area contributed by atoms with Crippen molar-refractivity contribution >= 4 is 28.9 Å². The Morgan fingerprint density at radius 1 is 1.00 bits per heavy atom. The molecule has 2 aromatic carbocycles. The van der Waals surface area contributed by atoms with Crippen molar-refractivity contribution in [1.29, 1.82) is 5.26 Å². The van der Waals surface area contributed by atoms with E-state index in [0.717, 1.165) is 0 Å². The Bertz CT molecular complexity index is 1080. The summed E-state index contributed by atoms with van der Waals surface area (Å²) >= 11 is 0. The number of aryl methyl sites for hydroxylation is 1. The molecule has 1 aromatic heterocycles. The molecule has 0 bridgehead atoms. The van der Waals surface area contributed by atoms with Crippen LogP contribution in [-0.2, 0) is 0 Å². The summed E-state index contributed by atoms with van der Waals surface area (Å²) in [6, 6.07) is 17.2. The zero-order valence-electron chi connectivity index (χ0n) is 15.4. The molecule has 3 rings (SSSR count). The SMILES string of the molecule is CC(=O)c1ccc(NC(=O)c2cc(Nc3cccc(C#N)c3)nc(C)n2)cc1. The first-order valence-corrected chi connectivity index (χ1v) is 8.50. The molecule has 2 N–H and O–H groups in total. The van der Waals surface area contributed by atoms with Gasteiger partial charge < -0.3 is 10.6 Å². The highest BCUT2D eigenvalue weighted by Gasteiger charge is 2.12. The molecule has 1 amide bonds. The molecule has 0 spiro atoms. The molecule has 1 heterocycles. The normalized spacial score (nSPS) is 10.0. The third kappa shape index (κ3) is 4.56. The molecule has 28 heavy (non-hydrogen) atoms. The monoisotopic (exact) mass is 371 g/mol. The highest BCUT2D eigenvalue weighted by Crippen LogP contribution is 2.18. The second-order valence-electron chi connectivity index (χ2n) is 6.09. The van der Waals surface area contributed by atoms with Gasteiger partial charge in [-0.3, -0.25) is 9.59 Å². The van der Waals surface area contributed by atoms with E-state index in [9.17, 15) is 9.59 Å². The summed E-state index contributed by atoms with van der Waals surface area (Å²) in [5.41, 5.74) is 2.53. The second kappa shape index (κ2) is 8.10. The van der Waals surface area contributed by atoms with Crippen LogP contribution in [-0.4, -0.2) is 21.7 Å². The third-order valence-corrected chi connectivity index (χ3v) is 3.88. The van der Waals surface area contributed by atoms with Gasteiger partial charge in [0.1, 0.15) is 17.3 Å². The molecule has 0 saturated heterocycles. The summed E-state index contributed by atoms with van der Waals surface area (Å²) in [5.74, 6) is 0.438. The van der Waals surface area contributed by atoms with Crippen molar-refractivity contribution < 1.29 is 9.59 Å². The summed E-state index contributed by atoms with van der Waals surface area (Å²) < 4.78 is 0. The van der Waals surface area contributed by atoms with Crippen molar-refractivity contribution in [2.45, 2.75) is 13.8 Å². The summed E-state index contributed by atoms with van der Waals surface area (Å²) in [6.07, 6.45) is 0. The zero-order valence-corrected chi connectivity index (χ0v) is 15.4. The molecular formula is C21H17N5O2. The molecule has 0 aliphatic heterocycles. The standard InChI is InChI=1S/C21H17N5O2/c1-13(27)16-6-8-17(9-7-16)26-21(28)19-11-20(24-14(2)23-19)25-18-5-3-4-15(10-18)12-22/h3-11H,1-2H3,(H,26,28)(H,23,24,25). The molecule has 7 nitrogen and oxygen atoms in total. The van der Waals surface area contributed by atoms with Crippen molar-refractivity contribution in [3.63, 3.8) is 0 Å². The fourth-order valence-corrected chi connectivity index (χ4v) is 2.55. The number of hydrogen-bond acceptors (Lipinski definition) is 6. The van der Waals surface area contributed by atoms with Gasteiger partial charge in [0.2, 0.25) is 0 Å². The number of benzene rings is 2. The van der Waals surface area contributed by atoms with Gasteiger partial charge in [-0.05, 0) is 56.3 Å². The number of carbonyl (C=O) groups excluding carboxylic acids is 2. The van der Waals surface area contributed by atoms with Gasteiger partial charge >= 0.3 is 0 Å². The highest BCUT2D eigenvalue weighted by atomic mass is 16.2. The molecule has 0 fully saturated rings. The minimum absolute atomic E-state index is 0.0412. The van der Waals surface area contributed by atoms with Crippen LogP contribution < -0.4 is 10.6 Å². The summed E-state index contributed by atoms with van der Waals surface area (Å²) in [5, 5.41) is 14.8. The fraction of sp³-hybridized carbons (Fsp3) is 0.0952. The van der Waals surface area contributed by atoms with E-state index in [0.29, 0.717) is 34.1 Å². The average Bonchev–Trinajstić information content (AvgIpc) is 2.68. The Morgan fingerprint density at radius 3 is 2.43 bits per heavy atom. The largest absolute Gasteiger partial charge is 0.340 e. The highest BCUT2D eigenvalue weighted by molar-refractivity contribution is 6.03. The van der Waals surface area contributed by atoms with Gasteiger partial charge in [-0.15, -0.1) is 0 Å². The first kappa shape index (κ1) is 18.7. The Morgan fingerprint density at radius 2 is 1.75 bits per heavy atom. The lowest BCUT2D eigenvalue weighted by Gasteiger charge is -2.10. The topological polar surface area (TPSA) is 108 Å². The number of Topliss-reactive ketones (excluding diaryl/α,β-unsaturated/α-hetero) is 1. The van der Waals surface area contributed by atoms with Crippen molar-refractivity contribution in [1.82, 2.24) is 9.97 Å². The Labute approximate surface area is 162 Å². The number of rotatable bonds is 5. The average molecular weight is 371 g/mol. The van der Waals surface area contributed by atoms with Crippen LogP contribution in [0.2, 0.25) is 0 Å². The maximum atomic E-state index is 12.6. The van der Waals surface area contributed by atoms with Crippen LogP contribution in [0, 0.1) is 18.3 Å². The Balaban J connectivity index is 1.79. The third-order valence-electron chi connectivity index (χ3n) is 3.88. The smallest absolute Gasteiger partial charge is 0.274 e. The van der Waals surface area contributed by atoms with Crippen molar-refractivity contribution in [2.75, 3.05) is 10.6 Å². The van der Waals surface area contributed by atoms with E-state index in [-0.39, 0.29) is 11.5 Å². The quantitative estimate of drug-likeness (QED) is 0.660. The van der Waals surface area contributed by atoms with E-state index in [1.54, 1.807) is 55.5 Å². The first-order valence-electron chi connectivity index (χ1n) is 8.50. The van der Waals surface area contributed by atoms with Crippen LogP contribution in [0.15, 0.2) is 54.6 Å². The molecule has 3 aromatic rings. The van der Waals surface area contributed by atoms with Gasteiger partial charge in [0, 0.05) is 23.0 Å². The maximum absolute atomic E-state index is 12.6. The number of nitriles is 1. The van der Waals surface area contributed by atoms with Gasteiger partial charge in [0.25, 0.3) is 5.91 Å². The van der Waals surface area contributed by atoms with E-state index >= 15 is 0 Å². The predicted molar refractivity (Wildman–Crippen MR) is 106 cm³/mol. The number of nitrogens with zero attached hydrogens (tertiary/aromatic N) is 3. The van der Waals surface area contributed by atoms with Crippen molar-refractivity contribution in [3.8, 4) is 6.07 Å². The molecule has 0 aliphatic rings. The van der Waals surface area contributed by atoms with Crippen LogP contribution in [0.25, 0.3) is 0 Å². The van der Waals surface area contributed by atoms with E-state index in [1.165, 1.54) is 13.0 Å². The summed E-state index contributed by atoms with van der Waals surface area (Å²) in [7, 11) is 0. The number of carbonyl (C=O) groups is 2. The fourth-order valence-electron chi connectivity index (χ4n) is 2.55. The minimum Gasteiger partial charge on any atom is -0.340 e. The van der Waals surface area contributed by atoms with Crippen LogP contribution in [0.5, 0.6) is 0 Å². The van der Waals surface area contributed by atoms with E-state index in [1.807, 2.05) is 0 Å². The van der Waals surface area contributed by atoms with Gasteiger partial charge in [-0.1, -0.05) is 6.07 Å². The number of hydrogen-bond donors (Lipinski definition) is 2. The van der Waals surface area contributed by atoms with Crippen LogP contribution in [0.1, 0.15) is 39.2 Å². The lowest BCUT2D eigenvalue weighted by atomic mass is 10.1. The second-order valence-corrected chi connectivity index (χ2v) is 6.09. The lowest BCUT2D eigenvalue weighted by Crippen LogP contribution is -2.15. The van der Waals surface area contributed by atoms with Crippen LogP contribution in [0.4, 0.5) is 17.2 Å². The molecule has 138 valence electrons. The Kier molecular flexibility index (Phi) is 5.42. The Hall–Kier alpha value is -4.05. The summed E-state index contributed by atoms with van der Waals surface area (Å²) in [4.78, 5) is 32.4. The lowest BCUT2D eigenvalue weighted by molar-refractivity contribution is 0.101. The minimum atomic E-state index is -0.394. The van der Waals surface area contributed by atoms with Crippen molar-refractivity contribution in [2.24, 2.45) is 0 Å². The van der Waals surface area contributed by atoms with E-state index < -0.39 is 5.91 Å². The van der Waals surface area contributed by atoms with E-state index in [2.05, 4.69) is 26.7 Å². The molecule has 0 aliphatic carbocycles. The predicted octanol–water partition coefficient (Wildman–Crippen LogP) is 3.86. The van der Waals surface area contributed by atoms with Gasteiger partial charge in [-0.25, -0.2) is 9.97 Å². The van der Waals surface area contributed by atoms with Gasteiger partial charge in [0.15, 0.2) is 5.78 Å². The number of anilines is 3. The molecular weight excluding hydrogens is 354 g/mol. The number of nitrogens with one attached hydrogen (secondary N) is 2. The van der Waals surface area contributed by atoms with Crippen molar-refractivity contribution in [3.05, 3.63) is 77.2 Å². The molecule has 0 saturated carbocycles. The van der Waals surface area contributed by atoms with Crippen LogP contribution >= 0.6 is 0 Å². The number of amides is 1. The zero-order chi connectivity index (χ0) is 20.1. The summed E-state index contributed by atoms with van der Waals surface area (Å²) in [6.45, 7) is 3.17. The molecule has 0 unspecified atom stereocenters. The number of aromatic nitrogens is 2. The maximum Gasteiger partial charge on any atom is 0.274 e. The van der Waals surface area contributed by atoms with E-state index in [4.69, 9.17) is 5.26 Å². The van der Waals surface area contributed by atoms with Gasteiger partial charge in [0.05, 0.1) is 11.6 Å². The van der Waals surface area contributed by atoms with Crippen LogP contribution in [0.3, 0.4) is 0 Å². The number of ketones is 1.